The third-order valence-electron chi connectivity index (χ3n) is 1.96. The van der Waals surface area contributed by atoms with Gasteiger partial charge in [0.25, 0.3) is 0 Å². The summed E-state index contributed by atoms with van der Waals surface area (Å²) in [5.41, 5.74) is 6.10. The molecule has 0 aromatic carbocycles. The van der Waals surface area contributed by atoms with Crippen molar-refractivity contribution in [3.63, 3.8) is 0 Å². The van der Waals surface area contributed by atoms with E-state index < -0.39 is 0 Å². The van der Waals surface area contributed by atoms with Crippen LogP contribution in [-0.4, -0.2) is 15.8 Å². The molecule has 0 aliphatic rings. The number of anilines is 2. The fraction of sp³-hybridized carbons (Fsp3) is 0.500. The quantitative estimate of drug-likeness (QED) is 0.786. The SMILES string of the molecule is CC(C)Nc1nn(CCC#N)c(N)c1C#N. The van der Waals surface area contributed by atoms with Crippen LogP contribution in [0.5, 0.6) is 0 Å². The molecule has 0 spiro atoms. The largest absolute Gasteiger partial charge is 0.383 e. The number of nitrogens with one attached hydrogen (secondary N) is 1. The molecule has 0 saturated carbocycles. The fourth-order valence-corrected chi connectivity index (χ4v) is 1.29. The monoisotopic (exact) mass is 218 g/mol. The van der Waals surface area contributed by atoms with Crippen molar-refractivity contribution in [3.05, 3.63) is 5.56 Å². The highest BCUT2D eigenvalue weighted by Gasteiger charge is 2.15. The number of aryl methyl sites for hydroxylation is 1. The van der Waals surface area contributed by atoms with E-state index in [1.54, 1.807) is 0 Å². The molecule has 1 rings (SSSR count). The van der Waals surface area contributed by atoms with Gasteiger partial charge in [0, 0.05) is 6.04 Å². The normalized spacial score (nSPS) is 9.81. The Hall–Kier alpha value is -2.21. The molecule has 0 saturated heterocycles. The predicted octanol–water partition coefficient (Wildman–Crippen LogP) is 1.07. The van der Waals surface area contributed by atoms with Crippen LogP contribution in [0.15, 0.2) is 0 Å². The maximum absolute atomic E-state index is 8.96. The minimum atomic E-state index is 0.172. The molecule has 0 atom stereocenters. The maximum atomic E-state index is 8.96. The second-order valence-corrected chi connectivity index (χ2v) is 3.65. The zero-order valence-electron chi connectivity index (χ0n) is 9.36. The van der Waals surface area contributed by atoms with Crippen molar-refractivity contribution >= 4 is 11.6 Å². The van der Waals surface area contributed by atoms with Gasteiger partial charge >= 0.3 is 0 Å². The molecule has 0 bridgehead atoms. The van der Waals surface area contributed by atoms with Gasteiger partial charge in [-0.1, -0.05) is 0 Å². The number of rotatable bonds is 4. The second kappa shape index (κ2) is 5.04. The third-order valence-corrected chi connectivity index (χ3v) is 1.96. The summed E-state index contributed by atoms with van der Waals surface area (Å²) in [6.07, 6.45) is 0.317. The smallest absolute Gasteiger partial charge is 0.168 e. The van der Waals surface area contributed by atoms with Gasteiger partial charge in [-0.05, 0) is 13.8 Å². The Balaban J connectivity index is 3.02. The molecule has 16 heavy (non-hydrogen) atoms. The van der Waals surface area contributed by atoms with Crippen molar-refractivity contribution in [3.8, 4) is 12.1 Å². The van der Waals surface area contributed by atoms with Crippen molar-refractivity contribution < 1.29 is 0 Å². The van der Waals surface area contributed by atoms with Crippen molar-refractivity contribution in [2.75, 3.05) is 11.1 Å². The molecular weight excluding hydrogens is 204 g/mol. The zero-order valence-corrected chi connectivity index (χ0v) is 9.36. The van der Waals surface area contributed by atoms with Gasteiger partial charge < -0.3 is 11.1 Å². The molecule has 0 unspecified atom stereocenters. The molecule has 0 radical (unpaired) electrons. The average molecular weight is 218 g/mol. The Morgan fingerprint density at radius 3 is 2.69 bits per heavy atom. The molecular formula is C10H14N6. The first-order valence-electron chi connectivity index (χ1n) is 5.00. The number of nitriles is 2. The number of nitrogens with two attached hydrogens (primary N) is 1. The first kappa shape index (κ1) is 11.9. The van der Waals surface area contributed by atoms with Crippen LogP contribution in [0.2, 0.25) is 0 Å². The van der Waals surface area contributed by atoms with Gasteiger partial charge in [0.1, 0.15) is 17.5 Å². The molecule has 84 valence electrons. The molecule has 1 aromatic heterocycles. The highest BCUT2D eigenvalue weighted by atomic mass is 15.3. The van der Waals surface area contributed by atoms with E-state index in [1.807, 2.05) is 26.0 Å². The van der Waals surface area contributed by atoms with E-state index in [2.05, 4.69) is 10.4 Å². The van der Waals surface area contributed by atoms with Gasteiger partial charge in [-0.25, -0.2) is 4.68 Å². The van der Waals surface area contributed by atoms with E-state index in [4.69, 9.17) is 16.3 Å². The highest BCUT2D eigenvalue weighted by Crippen LogP contribution is 2.21. The van der Waals surface area contributed by atoms with E-state index in [0.29, 0.717) is 30.2 Å². The minimum absolute atomic E-state index is 0.172. The zero-order chi connectivity index (χ0) is 12.1. The van der Waals surface area contributed by atoms with Gasteiger partial charge in [-0.15, -0.1) is 0 Å². The lowest BCUT2D eigenvalue weighted by Crippen LogP contribution is -2.11. The number of nitrogens with zero attached hydrogens (tertiary/aromatic N) is 4. The standard InChI is InChI=1S/C10H14N6/c1-7(2)14-10-8(6-12)9(13)16(15-10)5-3-4-11/h7H,3,5,13H2,1-2H3,(H,14,15). The van der Waals surface area contributed by atoms with Crippen LogP contribution in [0.3, 0.4) is 0 Å². The molecule has 0 aliphatic heterocycles. The van der Waals surface area contributed by atoms with E-state index in [0.717, 1.165) is 0 Å². The van der Waals surface area contributed by atoms with Crippen LogP contribution >= 0.6 is 0 Å². The lowest BCUT2D eigenvalue weighted by atomic mass is 10.3. The Morgan fingerprint density at radius 1 is 1.50 bits per heavy atom. The molecule has 1 aromatic rings. The Kier molecular flexibility index (Phi) is 3.73. The van der Waals surface area contributed by atoms with Crippen LogP contribution in [0.4, 0.5) is 11.6 Å². The maximum Gasteiger partial charge on any atom is 0.168 e. The van der Waals surface area contributed by atoms with Gasteiger partial charge in [-0.3, -0.25) is 0 Å². The van der Waals surface area contributed by atoms with E-state index >= 15 is 0 Å². The summed E-state index contributed by atoms with van der Waals surface area (Å²) >= 11 is 0. The second-order valence-electron chi connectivity index (χ2n) is 3.65. The van der Waals surface area contributed by atoms with Gasteiger partial charge in [-0.2, -0.15) is 15.6 Å². The molecule has 3 N–H and O–H groups in total. The predicted molar refractivity (Wildman–Crippen MR) is 60.3 cm³/mol. The number of hydrogen-bond acceptors (Lipinski definition) is 5. The van der Waals surface area contributed by atoms with E-state index in [9.17, 15) is 0 Å². The molecule has 1 heterocycles. The van der Waals surface area contributed by atoms with Crippen molar-refractivity contribution in [2.24, 2.45) is 0 Å². The van der Waals surface area contributed by atoms with Crippen LogP contribution in [-0.2, 0) is 6.54 Å². The minimum Gasteiger partial charge on any atom is -0.383 e. The molecule has 0 amide bonds. The Bertz CT molecular complexity index is 445. The summed E-state index contributed by atoms with van der Waals surface area (Å²) < 4.78 is 1.48. The average Bonchev–Trinajstić information content (AvgIpc) is 2.51. The van der Waals surface area contributed by atoms with Crippen LogP contribution < -0.4 is 11.1 Å². The Labute approximate surface area is 94.3 Å². The molecule has 0 fully saturated rings. The Morgan fingerprint density at radius 2 is 2.19 bits per heavy atom. The fourth-order valence-electron chi connectivity index (χ4n) is 1.29. The lowest BCUT2D eigenvalue weighted by Gasteiger charge is -2.05. The van der Waals surface area contributed by atoms with E-state index in [-0.39, 0.29) is 6.04 Å². The van der Waals surface area contributed by atoms with Crippen LogP contribution in [0, 0.1) is 22.7 Å². The summed E-state index contributed by atoms with van der Waals surface area (Å²) in [5.74, 6) is 0.786. The highest BCUT2D eigenvalue weighted by molar-refractivity contribution is 5.63. The third kappa shape index (κ3) is 2.43. The number of aromatic nitrogens is 2. The van der Waals surface area contributed by atoms with Crippen molar-refractivity contribution in [1.82, 2.24) is 9.78 Å². The summed E-state index contributed by atoms with van der Waals surface area (Å²) in [4.78, 5) is 0. The summed E-state index contributed by atoms with van der Waals surface area (Å²) in [6.45, 7) is 4.30. The molecule has 6 nitrogen and oxygen atoms in total. The summed E-state index contributed by atoms with van der Waals surface area (Å²) in [7, 11) is 0. The van der Waals surface area contributed by atoms with Crippen molar-refractivity contribution in [2.45, 2.75) is 32.9 Å². The first-order chi connectivity index (χ1) is 7.60. The van der Waals surface area contributed by atoms with Gasteiger partial charge in [0.2, 0.25) is 0 Å². The number of nitrogen functional groups attached to an aromatic ring is 1. The first-order valence-corrected chi connectivity index (χ1v) is 5.00. The molecule has 0 aliphatic carbocycles. The van der Waals surface area contributed by atoms with Gasteiger partial charge in [0.05, 0.1) is 19.0 Å². The summed E-state index contributed by atoms with van der Waals surface area (Å²) in [6, 6.07) is 4.20. The molecule has 6 heteroatoms. The lowest BCUT2D eigenvalue weighted by molar-refractivity contribution is 0.637. The van der Waals surface area contributed by atoms with Crippen LogP contribution in [0.25, 0.3) is 0 Å². The van der Waals surface area contributed by atoms with E-state index in [1.165, 1.54) is 4.68 Å². The van der Waals surface area contributed by atoms with Crippen molar-refractivity contribution in [1.29, 1.82) is 10.5 Å². The van der Waals surface area contributed by atoms with Gasteiger partial charge in [0.15, 0.2) is 5.82 Å². The number of hydrogen-bond donors (Lipinski definition) is 2. The summed E-state index contributed by atoms with van der Waals surface area (Å²) in [5, 5.41) is 24.7. The topological polar surface area (TPSA) is 103 Å². The van der Waals surface area contributed by atoms with Crippen LogP contribution in [0.1, 0.15) is 25.8 Å².